The first-order chi connectivity index (χ1) is 12.2. The van der Waals surface area contributed by atoms with Crippen molar-refractivity contribution in [3.8, 4) is 11.5 Å². The van der Waals surface area contributed by atoms with Crippen LogP contribution in [-0.2, 0) is 11.3 Å². The lowest BCUT2D eigenvalue weighted by atomic mass is 10.0. The zero-order chi connectivity index (χ0) is 17.6. The number of hydrogen-bond donors (Lipinski definition) is 3. The van der Waals surface area contributed by atoms with Crippen LogP contribution in [0.25, 0.3) is 0 Å². The van der Waals surface area contributed by atoms with Gasteiger partial charge in [-0.2, -0.15) is 0 Å². The molecule has 1 fully saturated rings. The lowest BCUT2D eigenvalue weighted by Crippen LogP contribution is -2.42. The summed E-state index contributed by atoms with van der Waals surface area (Å²) in [4.78, 5) is 12.4. The van der Waals surface area contributed by atoms with Gasteiger partial charge < -0.3 is 14.8 Å². The minimum Gasteiger partial charge on any atom is -0.497 e. The lowest BCUT2D eigenvalue weighted by molar-refractivity contribution is -0.123. The summed E-state index contributed by atoms with van der Waals surface area (Å²) in [5.41, 5.74) is 8.35. The summed E-state index contributed by atoms with van der Waals surface area (Å²) in [5, 5.41) is 2.97. The molecule has 1 aliphatic rings. The van der Waals surface area contributed by atoms with Crippen molar-refractivity contribution in [1.82, 2.24) is 16.2 Å². The minimum atomic E-state index is -0.276. The molecule has 0 saturated carbocycles. The Bertz CT molecular complexity index is 735. The summed E-state index contributed by atoms with van der Waals surface area (Å²) in [6.07, 6.45) is 0.678. The molecule has 3 rings (SSSR count). The fraction of sp³-hybridized carbons (Fsp3) is 0.316. The molecule has 1 aliphatic heterocycles. The monoisotopic (exact) mass is 341 g/mol. The maximum Gasteiger partial charge on any atom is 0.238 e. The minimum absolute atomic E-state index is 0.0271. The third-order valence-electron chi connectivity index (χ3n) is 4.32. The van der Waals surface area contributed by atoms with Gasteiger partial charge in [0.15, 0.2) is 0 Å². The number of hydrogen-bond acceptors (Lipinski definition) is 5. The van der Waals surface area contributed by atoms with E-state index in [-0.39, 0.29) is 18.0 Å². The average molecular weight is 341 g/mol. The summed E-state index contributed by atoms with van der Waals surface area (Å²) < 4.78 is 10.5. The second-order valence-electron chi connectivity index (χ2n) is 5.98. The highest BCUT2D eigenvalue weighted by Crippen LogP contribution is 2.25. The van der Waals surface area contributed by atoms with Crippen molar-refractivity contribution in [1.29, 1.82) is 0 Å². The molecule has 2 aromatic rings. The highest BCUT2D eigenvalue weighted by molar-refractivity contribution is 5.82. The van der Waals surface area contributed by atoms with E-state index in [1.807, 2.05) is 48.5 Å². The zero-order valence-corrected chi connectivity index (χ0v) is 14.4. The third kappa shape index (κ3) is 4.29. The van der Waals surface area contributed by atoms with Crippen LogP contribution in [0, 0.1) is 0 Å². The van der Waals surface area contributed by atoms with Crippen molar-refractivity contribution in [2.75, 3.05) is 14.2 Å². The zero-order valence-electron chi connectivity index (χ0n) is 14.4. The molecule has 2 aromatic carbocycles. The van der Waals surface area contributed by atoms with E-state index in [9.17, 15) is 4.79 Å². The van der Waals surface area contributed by atoms with Gasteiger partial charge in [0.1, 0.15) is 17.5 Å². The van der Waals surface area contributed by atoms with Crippen LogP contribution in [0.5, 0.6) is 11.5 Å². The summed E-state index contributed by atoms with van der Waals surface area (Å²) in [6, 6.07) is 15.3. The number of carbonyl (C=O) groups excluding carboxylic acids is 1. The van der Waals surface area contributed by atoms with Gasteiger partial charge in [0.05, 0.1) is 14.2 Å². The topological polar surface area (TPSA) is 71.6 Å². The van der Waals surface area contributed by atoms with Crippen molar-refractivity contribution in [2.45, 2.75) is 25.0 Å². The highest BCUT2D eigenvalue weighted by atomic mass is 16.5. The molecule has 1 amide bonds. The van der Waals surface area contributed by atoms with Crippen molar-refractivity contribution < 1.29 is 14.3 Å². The van der Waals surface area contributed by atoms with Crippen LogP contribution in [0.1, 0.15) is 23.6 Å². The van der Waals surface area contributed by atoms with Crippen LogP contribution >= 0.6 is 0 Å². The second kappa shape index (κ2) is 8.00. The van der Waals surface area contributed by atoms with E-state index in [0.29, 0.717) is 13.0 Å². The molecule has 6 nitrogen and oxygen atoms in total. The van der Waals surface area contributed by atoms with Gasteiger partial charge in [-0.15, -0.1) is 0 Å². The molecule has 6 heteroatoms. The smallest absolute Gasteiger partial charge is 0.238 e. The molecule has 0 aliphatic carbocycles. The van der Waals surface area contributed by atoms with Gasteiger partial charge in [-0.25, -0.2) is 10.9 Å². The Morgan fingerprint density at radius 3 is 2.56 bits per heavy atom. The van der Waals surface area contributed by atoms with Crippen molar-refractivity contribution in [2.24, 2.45) is 0 Å². The first kappa shape index (κ1) is 17.3. The second-order valence-corrected chi connectivity index (χ2v) is 5.98. The molecule has 2 atom stereocenters. The van der Waals surface area contributed by atoms with Crippen LogP contribution in [0.4, 0.5) is 0 Å². The van der Waals surface area contributed by atoms with Gasteiger partial charge in [-0.1, -0.05) is 24.3 Å². The van der Waals surface area contributed by atoms with E-state index in [1.54, 1.807) is 14.2 Å². The number of methoxy groups -OCH3 is 2. The molecule has 3 N–H and O–H groups in total. The number of ether oxygens (including phenoxy) is 2. The standard InChI is InChI=1S/C19H23N3O3/c1-24-15-7-3-5-13(9-15)12-20-19(23)18-11-17(21-22-18)14-6-4-8-16(10-14)25-2/h3-10,17-18,21-22H,11-12H2,1-2H3,(H,20,23). The molecule has 0 aromatic heterocycles. The Morgan fingerprint density at radius 1 is 1.08 bits per heavy atom. The predicted octanol–water partition coefficient (Wildman–Crippen LogP) is 1.93. The maximum atomic E-state index is 12.4. The maximum absolute atomic E-state index is 12.4. The first-order valence-electron chi connectivity index (χ1n) is 8.25. The van der Waals surface area contributed by atoms with Crippen LogP contribution < -0.4 is 25.6 Å². The predicted molar refractivity (Wildman–Crippen MR) is 95.3 cm³/mol. The molecule has 1 saturated heterocycles. The van der Waals surface area contributed by atoms with Crippen LogP contribution in [0.2, 0.25) is 0 Å². The van der Waals surface area contributed by atoms with Crippen LogP contribution in [0.15, 0.2) is 48.5 Å². The van der Waals surface area contributed by atoms with E-state index in [4.69, 9.17) is 9.47 Å². The Kier molecular flexibility index (Phi) is 5.53. The van der Waals surface area contributed by atoms with Gasteiger partial charge in [0.2, 0.25) is 5.91 Å². The number of nitrogens with one attached hydrogen (secondary N) is 3. The normalized spacial score (nSPS) is 19.4. The first-order valence-corrected chi connectivity index (χ1v) is 8.25. The fourth-order valence-corrected chi connectivity index (χ4v) is 2.90. The third-order valence-corrected chi connectivity index (χ3v) is 4.32. The quantitative estimate of drug-likeness (QED) is 0.749. The Hall–Kier alpha value is -2.57. The van der Waals surface area contributed by atoms with E-state index in [1.165, 1.54) is 0 Å². The van der Waals surface area contributed by atoms with Crippen LogP contribution in [-0.4, -0.2) is 26.2 Å². The molecule has 132 valence electrons. The van der Waals surface area contributed by atoms with Crippen molar-refractivity contribution in [3.05, 3.63) is 59.7 Å². The lowest BCUT2D eigenvalue weighted by Gasteiger charge is -2.12. The van der Waals surface area contributed by atoms with Crippen LogP contribution in [0.3, 0.4) is 0 Å². The van der Waals surface area contributed by atoms with E-state index < -0.39 is 0 Å². The average Bonchev–Trinajstić information content (AvgIpc) is 3.16. The van der Waals surface area contributed by atoms with E-state index in [0.717, 1.165) is 22.6 Å². The number of carbonyl (C=O) groups is 1. The van der Waals surface area contributed by atoms with Crippen molar-refractivity contribution >= 4 is 5.91 Å². The summed E-state index contributed by atoms with van der Waals surface area (Å²) >= 11 is 0. The number of benzene rings is 2. The summed E-state index contributed by atoms with van der Waals surface area (Å²) in [5.74, 6) is 1.57. The molecule has 0 bridgehead atoms. The molecular formula is C19H23N3O3. The molecular weight excluding hydrogens is 318 g/mol. The van der Waals surface area contributed by atoms with Gasteiger partial charge in [0.25, 0.3) is 0 Å². The number of hydrazine groups is 1. The summed E-state index contributed by atoms with van der Waals surface area (Å²) in [6.45, 7) is 0.470. The number of amides is 1. The van der Waals surface area contributed by atoms with Gasteiger partial charge in [-0.3, -0.25) is 4.79 Å². The van der Waals surface area contributed by atoms with Gasteiger partial charge in [0, 0.05) is 12.6 Å². The van der Waals surface area contributed by atoms with E-state index >= 15 is 0 Å². The highest BCUT2D eigenvalue weighted by Gasteiger charge is 2.30. The van der Waals surface area contributed by atoms with Crippen molar-refractivity contribution in [3.63, 3.8) is 0 Å². The molecule has 25 heavy (non-hydrogen) atoms. The molecule has 0 spiro atoms. The Labute approximate surface area is 147 Å². The fourth-order valence-electron chi connectivity index (χ4n) is 2.90. The SMILES string of the molecule is COc1cccc(CNC(=O)C2CC(c3cccc(OC)c3)NN2)c1. The molecule has 2 unspecified atom stereocenters. The summed E-state index contributed by atoms with van der Waals surface area (Å²) in [7, 11) is 3.28. The van der Waals surface area contributed by atoms with Gasteiger partial charge in [-0.05, 0) is 41.8 Å². The number of rotatable bonds is 6. The Morgan fingerprint density at radius 2 is 1.80 bits per heavy atom. The van der Waals surface area contributed by atoms with Gasteiger partial charge >= 0.3 is 0 Å². The Balaban J connectivity index is 1.55. The molecule has 0 radical (unpaired) electrons. The molecule has 1 heterocycles. The largest absolute Gasteiger partial charge is 0.497 e. The van der Waals surface area contributed by atoms with E-state index in [2.05, 4.69) is 16.2 Å².